The summed E-state index contributed by atoms with van der Waals surface area (Å²) in [5.74, 6) is 0. The van der Waals surface area contributed by atoms with Crippen molar-refractivity contribution in [2.24, 2.45) is 0 Å². The molecule has 0 aliphatic heterocycles. The number of aromatic amines is 1. The van der Waals surface area contributed by atoms with E-state index in [0.29, 0.717) is 27.4 Å². The molecule has 0 atom stereocenters. The molecule has 0 fully saturated rings. The van der Waals surface area contributed by atoms with Gasteiger partial charge in [-0.1, -0.05) is 11.8 Å². The summed E-state index contributed by atoms with van der Waals surface area (Å²) in [7, 11) is 0. The quantitative estimate of drug-likeness (QED) is 0.340. The van der Waals surface area contributed by atoms with E-state index in [-0.39, 0.29) is 11.3 Å². The molecule has 21 heavy (non-hydrogen) atoms. The summed E-state index contributed by atoms with van der Waals surface area (Å²) in [6.07, 6.45) is 3.36. The third-order valence-corrected chi connectivity index (χ3v) is 3.72. The van der Waals surface area contributed by atoms with E-state index in [2.05, 4.69) is 19.9 Å². The SMILES string of the molecule is O=Cc1cc(Sc2ncnc3nc[nH]c23)ccc1[N+](=O)[O-]. The second-order valence-corrected chi connectivity index (χ2v) is 5.04. The Morgan fingerprint density at radius 1 is 1.29 bits per heavy atom. The summed E-state index contributed by atoms with van der Waals surface area (Å²) in [6, 6.07) is 4.33. The average molecular weight is 301 g/mol. The molecule has 0 aliphatic rings. The lowest BCUT2D eigenvalue weighted by atomic mass is 10.2. The van der Waals surface area contributed by atoms with Crippen LogP contribution in [-0.4, -0.2) is 31.1 Å². The van der Waals surface area contributed by atoms with Gasteiger partial charge < -0.3 is 4.98 Å². The summed E-state index contributed by atoms with van der Waals surface area (Å²) in [5, 5.41) is 11.4. The molecular formula is C12H7N5O3S. The number of hydrogen-bond donors (Lipinski definition) is 1. The molecule has 8 nitrogen and oxygen atoms in total. The molecule has 104 valence electrons. The molecule has 0 unspecified atom stereocenters. The first-order valence-corrected chi connectivity index (χ1v) is 6.56. The van der Waals surface area contributed by atoms with Crippen LogP contribution in [0.15, 0.2) is 40.8 Å². The van der Waals surface area contributed by atoms with Crippen LogP contribution in [0.5, 0.6) is 0 Å². The van der Waals surface area contributed by atoms with Gasteiger partial charge >= 0.3 is 0 Å². The minimum atomic E-state index is -0.587. The molecule has 1 N–H and O–H groups in total. The number of aromatic nitrogens is 4. The first-order valence-electron chi connectivity index (χ1n) is 5.74. The zero-order chi connectivity index (χ0) is 14.8. The maximum absolute atomic E-state index is 11.0. The fraction of sp³-hybridized carbons (Fsp3) is 0. The van der Waals surface area contributed by atoms with E-state index in [4.69, 9.17) is 0 Å². The van der Waals surface area contributed by atoms with Crippen LogP contribution in [0, 0.1) is 10.1 Å². The normalized spacial score (nSPS) is 10.7. The largest absolute Gasteiger partial charge is 0.341 e. The fourth-order valence-electron chi connectivity index (χ4n) is 1.79. The Hall–Kier alpha value is -2.81. The molecular weight excluding hydrogens is 294 g/mol. The van der Waals surface area contributed by atoms with Crippen molar-refractivity contribution in [3.8, 4) is 0 Å². The Bertz CT molecular complexity index is 848. The number of nitro benzene ring substituents is 1. The lowest BCUT2D eigenvalue weighted by Gasteiger charge is -2.03. The minimum Gasteiger partial charge on any atom is -0.341 e. The molecule has 3 rings (SSSR count). The highest BCUT2D eigenvalue weighted by Gasteiger charge is 2.15. The van der Waals surface area contributed by atoms with Gasteiger partial charge in [-0.15, -0.1) is 0 Å². The van der Waals surface area contributed by atoms with Gasteiger partial charge in [-0.05, 0) is 12.1 Å². The molecule has 0 bridgehead atoms. The molecule has 0 amide bonds. The lowest BCUT2D eigenvalue weighted by Crippen LogP contribution is -1.94. The van der Waals surface area contributed by atoms with Gasteiger partial charge in [0.05, 0.1) is 16.8 Å². The van der Waals surface area contributed by atoms with Gasteiger partial charge in [0.2, 0.25) is 0 Å². The molecule has 0 aliphatic carbocycles. The van der Waals surface area contributed by atoms with Crippen molar-refractivity contribution in [2.75, 3.05) is 0 Å². The molecule has 1 aromatic carbocycles. The first-order chi connectivity index (χ1) is 10.2. The maximum Gasteiger partial charge on any atom is 0.279 e. The van der Waals surface area contributed by atoms with Crippen LogP contribution < -0.4 is 0 Å². The smallest absolute Gasteiger partial charge is 0.279 e. The van der Waals surface area contributed by atoms with Crippen molar-refractivity contribution in [1.82, 2.24) is 19.9 Å². The molecule has 0 saturated carbocycles. The number of hydrogen-bond acceptors (Lipinski definition) is 7. The summed E-state index contributed by atoms with van der Waals surface area (Å²) in [6.45, 7) is 0. The number of H-pyrrole nitrogens is 1. The van der Waals surface area contributed by atoms with Crippen LogP contribution in [0.1, 0.15) is 10.4 Å². The van der Waals surface area contributed by atoms with Gasteiger partial charge in [0.15, 0.2) is 11.9 Å². The Morgan fingerprint density at radius 2 is 2.14 bits per heavy atom. The molecule has 2 heterocycles. The van der Waals surface area contributed by atoms with Crippen molar-refractivity contribution < 1.29 is 9.72 Å². The topological polar surface area (TPSA) is 115 Å². The number of carbonyl (C=O) groups is 1. The predicted octanol–water partition coefficient (Wildman–Crippen LogP) is 2.22. The first kappa shape index (κ1) is 13.2. The highest BCUT2D eigenvalue weighted by Crippen LogP contribution is 2.32. The van der Waals surface area contributed by atoms with E-state index < -0.39 is 4.92 Å². The Labute approximate surface area is 121 Å². The monoisotopic (exact) mass is 301 g/mol. The van der Waals surface area contributed by atoms with E-state index in [0.717, 1.165) is 0 Å². The predicted molar refractivity (Wildman–Crippen MR) is 74.3 cm³/mol. The van der Waals surface area contributed by atoms with Crippen molar-refractivity contribution in [3.63, 3.8) is 0 Å². The minimum absolute atomic E-state index is 0.0277. The summed E-state index contributed by atoms with van der Waals surface area (Å²) >= 11 is 1.27. The average Bonchev–Trinajstić information content (AvgIpc) is 2.96. The molecule has 0 spiro atoms. The number of nitro groups is 1. The van der Waals surface area contributed by atoms with Gasteiger partial charge in [-0.2, -0.15) is 0 Å². The number of fused-ring (bicyclic) bond motifs is 1. The van der Waals surface area contributed by atoms with Crippen LogP contribution in [0.4, 0.5) is 5.69 Å². The third-order valence-electron chi connectivity index (χ3n) is 2.73. The molecule has 0 saturated heterocycles. The Kier molecular flexibility index (Phi) is 3.32. The van der Waals surface area contributed by atoms with E-state index in [1.165, 1.54) is 36.5 Å². The van der Waals surface area contributed by atoms with Gasteiger partial charge in [-0.3, -0.25) is 14.9 Å². The summed E-state index contributed by atoms with van der Waals surface area (Å²) < 4.78 is 0. The zero-order valence-corrected chi connectivity index (χ0v) is 11.2. The lowest BCUT2D eigenvalue weighted by molar-refractivity contribution is -0.385. The van der Waals surface area contributed by atoms with Gasteiger partial charge in [0.25, 0.3) is 5.69 Å². The van der Waals surface area contributed by atoms with E-state index in [1.807, 2.05) is 0 Å². The van der Waals surface area contributed by atoms with Gasteiger partial charge in [-0.25, -0.2) is 15.0 Å². The number of benzene rings is 1. The van der Waals surface area contributed by atoms with Gasteiger partial charge in [0, 0.05) is 11.0 Å². The maximum atomic E-state index is 11.0. The van der Waals surface area contributed by atoms with Gasteiger partial charge in [0.1, 0.15) is 16.9 Å². The van der Waals surface area contributed by atoms with Crippen molar-refractivity contribution in [1.29, 1.82) is 0 Å². The summed E-state index contributed by atoms with van der Waals surface area (Å²) in [5.41, 5.74) is 1.02. The third kappa shape index (κ3) is 2.46. The Balaban J connectivity index is 2.00. The number of nitrogens with one attached hydrogen (secondary N) is 1. The molecule has 3 aromatic rings. The van der Waals surface area contributed by atoms with Crippen LogP contribution in [0.2, 0.25) is 0 Å². The van der Waals surface area contributed by atoms with Crippen LogP contribution in [0.3, 0.4) is 0 Å². The number of carbonyl (C=O) groups excluding carboxylic acids is 1. The standard InChI is InChI=1S/C12H7N5O3S/c18-4-7-3-8(1-2-9(7)17(19)20)21-12-10-11(14-5-13-10)15-6-16-12/h1-6H,(H,13,14,15,16). The van der Waals surface area contributed by atoms with Crippen LogP contribution >= 0.6 is 11.8 Å². The molecule has 2 aromatic heterocycles. The summed E-state index contributed by atoms with van der Waals surface area (Å²) in [4.78, 5) is 36.9. The zero-order valence-electron chi connectivity index (χ0n) is 10.4. The number of nitrogens with zero attached hydrogens (tertiary/aromatic N) is 4. The molecule has 9 heteroatoms. The van der Waals surface area contributed by atoms with Crippen molar-refractivity contribution >= 4 is 34.9 Å². The number of imidazole rings is 1. The van der Waals surface area contributed by atoms with Crippen LogP contribution in [-0.2, 0) is 0 Å². The van der Waals surface area contributed by atoms with Crippen LogP contribution in [0.25, 0.3) is 11.2 Å². The second-order valence-electron chi connectivity index (χ2n) is 3.98. The van der Waals surface area contributed by atoms with Crippen molar-refractivity contribution in [3.05, 3.63) is 46.5 Å². The highest BCUT2D eigenvalue weighted by atomic mass is 32.2. The fourth-order valence-corrected chi connectivity index (χ4v) is 2.69. The second kappa shape index (κ2) is 5.29. The van der Waals surface area contributed by atoms with E-state index >= 15 is 0 Å². The molecule has 0 radical (unpaired) electrons. The van der Waals surface area contributed by atoms with Crippen molar-refractivity contribution in [2.45, 2.75) is 9.92 Å². The van der Waals surface area contributed by atoms with E-state index in [1.54, 1.807) is 6.07 Å². The van der Waals surface area contributed by atoms with E-state index in [9.17, 15) is 14.9 Å². The Morgan fingerprint density at radius 3 is 2.90 bits per heavy atom. The highest BCUT2D eigenvalue weighted by molar-refractivity contribution is 7.99. The number of rotatable bonds is 4. The number of aldehydes is 1.